The normalized spacial score (nSPS) is 12.5. The van der Waals surface area contributed by atoms with Crippen LogP contribution in [0.4, 0.5) is 0 Å². The van der Waals surface area contributed by atoms with Crippen LogP contribution in [0.3, 0.4) is 0 Å². The zero-order chi connectivity index (χ0) is 14.0. The number of furan rings is 1. The summed E-state index contributed by atoms with van der Waals surface area (Å²) in [6.45, 7) is 5.97. The number of nitrogens with two attached hydrogens (primary N) is 1. The quantitative estimate of drug-likeness (QED) is 0.914. The van der Waals surface area contributed by atoms with Crippen LogP contribution in [0.25, 0.3) is 0 Å². The number of benzene rings is 1. The lowest BCUT2D eigenvalue weighted by Gasteiger charge is -2.14. The Balaban J connectivity index is 2.25. The lowest BCUT2D eigenvalue weighted by Crippen LogP contribution is -2.14. The zero-order valence-electron chi connectivity index (χ0n) is 12.0. The van der Waals surface area contributed by atoms with Gasteiger partial charge in [0.2, 0.25) is 0 Å². The second-order valence-corrected chi connectivity index (χ2v) is 4.99. The van der Waals surface area contributed by atoms with Crippen LogP contribution in [-0.4, -0.2) is 7.11 Å². The Labute approximate surface area is 114 Å². The summed E-state index contributed by atoms with van der Waals surface area (Å²) in [5, 5.41) is 0. The highest BCUT2D eigenvalue weighted by Gasteiger charge is 2.15. The Morgan fingerprint density at radius 1 is 1.21 bits per heavy atom. The Bertz CT molecular complexity index is 572. The molecule has 2 N–H and O–H groups in total. The minimum atomic E-state index is -0.0758. The van der Waals surface area contributed by atoms with E-state index in [1.54, 1.807) is 7.11 Å². The van der Waals surface area contributed by atoms with Gasteiger partial charge >= 0.3 is 0 Å². The molecule has 1 unspecified atom stereocenters. The molecule has 0 saturated carbocycles. The molecule has 0 fully saturated rings. The average Bonchev–Trinajstić information content (AvgIpc) is 2.69. The first kappa shape index (κ1) is 13.7. The van der Waals surface area contributed by atoms with Crippen molar-refractivity contribution in [2.45, 2.75) is 33.2 Å². The molecule has 0 aliphatic heterocycles. The van der Waals surface area contributed by atoms with Crippen molar-refractivity contribution in [1.29, 1.82) is 0 Å². The molecule has 3 nitrogen and oxygen atoms in total. The maximum atomic E-state index is 6.30. The number of hydrogen-bond acceptors (Lipinski definition) is 3. The number of ether oxygens (including phenoxy) is 1. The molecular formula is C16H21NO2. The summed E-state index contributed by atoms with van der Waals surface area (Å²) in [5.41, 5.74) is 9.71. The van der Waals surface area contributed by atoms with E-state index >= 15 is 0 Å². The fraction of sp³-hybridized carbons (Fsp3) is 0.375. The summed E-state index contributed by atoms with van der Waals surface area (Å²) in [4.78, 5) is 0. The molecule has 0 saturated heterocycles. The molecule has 1 heterocycles. The largest absolute Gasteiger partial charge is 0.496 e. The summed E-state index contributed by atoms with van der Waals surface area (Å²) >= 11 is 0. The Hall–Kier alpha value is -1.74. The molecule has 2 aromatic rings. The van der Waals surface area contributed by atoms with Gasteiger partial charge in [-0.15, -0.1) is 0 Å². The first-order chi connectivity index (χ1) is 9.01. The van der Waals surface area contributed by atoms with Crippen molar-refractivity contribution in [1.82, 2.24) is 0 Å². The van der Waals surface area contributed by atoms with Gasteiger partial charge in [0, 0.05) is 11.6 Å². The van der Waals surface area contributed by atoms with Gasteiger partial charge in [0.25, 0.3) is 0 Å². The molecule has 19 heavy (non-hydrogen) atoms. The van der Waals surface area contributed by atoms with Gasteiger partial charge in [-0.3, -0.25) is 0 Å². The lowest BCUT2D eigenvalue weighted by molar-refractivity contribution is 0.407. The molecule has 0 aliphatic carbocycles. The van der Waals surface area contributed by atoms with E-state index in [0.717, 1.165) is 34.8 Å². The first-order valence-electron chi connectivity index (χ1n) is 6.47. The van der Waals surface area contributed by atoms with E-state index in [2.05, 4.69) is 13.0 Å². The SMILES string of the molecule is COc1ccc(C)cc1CC(N)c1cc(C)oc1C. The van der Waals surface area contributed by atoms with Crippen molar-refractivity contribution in [3.8, 4) is 5.75 Å². The van der Waals surface area contributed by atoms with E-state index in [1.807, 2.05) is 32.0 Å². The third-order valence-corrected chi connectivity index (χ3v) is 3.35. The maximum absolute atomic E-state index is 6.30. The molecule has 0 spiro atoms. The fourth-order valence-corrected chi connectivity index (χ4v) is 2.43. The Morgan fingerprint density at radius 3 is 2.53 bits per heavy atom. The van der Waals surface area contributed by atoms with E-state index in [9.17, 15) is 0 Å². The second kappa shape index (κ2) is 5.49. The van der Waals surface area contributed by atoms with Gasteiger partial charge in [0.15, 0.2) is 0 Å². The van der Waals surface area contributed by atoms with Gasteiger partial charge in [-0.05, 0) is 44.9 Å². The summed E-state index contributed by atoms with van der Waals surface area (Å²) in [7, 11) is 1.69. The molecule has 0 radical (unpaired) electrons. The summed E-state index contributed by atoms with van der Waals surface area (Å²) < 4.78 is 10.9. The van der Waals surface area contributed by atoms with Gasteiger partial charge in [-0.2, -0.15) is 0 Å². The molecule has 1 aromatic heterocycles. The Morgan fingerprint density at radius 2 is 1.95 bits per heavy atom. The van der Waals surface area contributed by atoms with E-state index in [0.29, 0.717) is 0 Å². The third kappa shape index (κ3) is 2.99. The topological polar surface area (TPSA) is 48.4 Å². The van der Waals surface area contributed by atoms with Gasteiger partial charge in [0.05, 0.1) is 7.11 Å². The summed E-state index contributed by atoms with van der Waals surface area (Å²) in [6, 6.07) is 8.10. The van der Waals surface area contributed by atoms with Crippen molar-refractivity contribution in [3.05, 3.63) is 52.5 Å². The van der Waals surface area contributed by atoms with E-state index in [1.165, 1.54) is 5.56 Å². The number of rotatable bonds is 4. The Kier molecular flexibility index (Phi) is 3.96. The van der Waals surface area contributed by atoms with Crippen LogP contribution >= 0.6 is 0 Å². The van der Waals surface area contributed by atoms with Crippen molar-refractivity contribution in [2.75, 3.05) is 7.11 Å². The molecule has 3 heteroatoms. The molecular weight excluding hydrogens is 238 g/mol. The molecule has 0 bridgehead atoms. The second-order valence-electron chi connectivity index (χ2n) is 4.99. The van der Waals surface area contributed by atoms with Crippen LogP contribution in [0.2, 0.25) is 0 Å². The van der Waals surface area contributed by atoms with Crippen LogP contribution in [0.15, 0.2) is 28.7 Å². The van der Waals surface area contributed by atoms with Crippen molar-refractivity contribution < 1.29 is 9.15 Å². The number of aryl methyl sites for hydroxylation is 3. The van der Waals surface area contributed by atoms with E-state index in [4.69, 9.17) is 14.9 Å². The predicted octanol–water partition coefficient (Wildman–Crippen LogP) is 3.46. The van der Waals surface area contributed by atoms with Crippen molar-refractivity contribution >= 4 is 0 Å². The minimum absolute atomic E-state index is 0.0758. The zero-order valence-corrected chi connectivity index (χ0v) is 12.0. The van der Waals surface area contributed by atoms with Crippen LogP contribution < -0.4 is 10.5 Å². The highest BCUT2D eigenvalue weighted by Crippen LogP contribution is 2.27. The smallest absolute Gasteiger partial charge is 0.122 e. The summed E-state index contributed by atoms with van der Waals surface area (Å²) in [5.74, 6) is 2.69. The van der Waals surface area contributed by atoms with Crippen LogP contribution in [0.5, 0.6) is 5.75 Å². The molecule has 2 rings (SSSR count). The van der Waals surface area contributed by atoms with Gasteiger partial charge in [0.1, 0.15) is 17.3 Å². The van der Waals surface area contributed by atoms with Crippen LogP contribution in [0.1, 0.15) is 34.3 Å². The molecule has 1 aromatic carbocycles. The monoisotopic (exact) mass is 259 g/mol. The first-order valence-corrected chi connectivity index (χ1v) is 6.47. The van der Waals surface area contributed by atoms with Gasteiger partial charge in [-0.25, -0.2) is 0 Å². The van der Waals surface area contributed by atoms with Crippen LogP contribution in [-0.2, 0) is 6.42 Å². The fourth-order valence-electron chi connectivity index (χ4n) is 2.43. The highest BCUT2D eigenvalue weighted by molar-refractivity contribution is 5.38. The molecule has 0 aliphatic rings. The van der Waals surface area contributed by atoms with Gasteiger partial charge < -0.3 is 14.9 Å². The van der Waals surface area contributed by atoms with E-state index in [-0.39, 0.29) is 6.04 Å². The van der Waals surface area contributed by atoms with Crippen molar-refractivity contribution in [2.24, 2.45) is 5.73 Å². The number of hydrogen-bond donors (Lipinski definition) is 1. The lowest BCUT2D eigenvalue weighted by atomic mass is 9.98. The van der Waals surface area contributed by atoms with Crippen molar-refractivity contribution in [3.63, 3.8) is 0 Å². The summed E-state index contributed by atoms with van der Waals surface area (Å²) in [6.07, 6.45) is 0.741. The van der Waals surface area contributed by atoms with E-state index < -0.39 is 0 Å². The molecule has 1 atom stereocenters. The minimum Gasteiger partial charge on any atom is -0.496 e. The average molecular weight is 259 g/mol. The standard InChI is InChI=1S/C16H21NO2/c1-10-5-6-16(18-4)13(7-10)9-15(17)14-8-11(2)19-12(14)3/h5-8,15H,9,17H2,1-4H3. The van der Waals surface area contributed by atoms with Crippen LogP contribution in [0, 0.1) is 20.8 Å². The number of methoxy groups -OCH3 is 1. The van der Waals surface area contributed by atoms with Gasteiger partial charge in [-0.1, -0.05) is 17.7 Å². The molecule has 102 valence electrons. The maximum Gasteiger partial charge on any atom is 0.122 e. The molecule has 0 amide bonds. The predicted molar refractivity (Wildman–Crippen MR) is 76.5 cm³/mol. The highest BCUT2D eigenvalue weighted by atomic mass is 16.5. The third-order valence-electron chi connectivity index (χ3n) is 3.35.